The van der Waals surface area contributed by atoms with Crippen LogP contribution in [0.2, 0.25) is 5.02 Å². The molecule has 2 aromatic carbocycles. The molecule has 3 rings (SSSR count). The molecule has 8 heteroatoms. The van der Waals surface area contributed by atoms with Crippen molar-refractivity contribution < 1.29 is 19.8 Å². The highest BCUT2D eigenvalue weighted by atomic mass is 35.5. The topological polar surface area (TPSA) is 107 Å². The zero-order valence-electron chi connectivity index (χ0n) is 18.2. The van der Waals surface area contributed by atoms with Crippen LogP contribution in [0.5, 0.6) is 5.75 Å². The van der Waals surface area contributed by atoms with Gasteiger partial charge in [-0.2, -0.15) is 5.48 Å². The lowest BCUT2D eigenvalue weighted by atomic mass is 10.0. The van der Waals surface area contributed by atoms with E-state index in [1.54, 1.807) is 13.2 Å². The van der Waals surface area contributed by atoms with E-state index in [1.807, 2.05) is 42.0 Å². The molecule has 0 aliphatic heterocycles. The summed E-state index contributed by atoms with van der Waals surface area (Å²) in [6.45, 7) is 0.583. The third kappa shape index (κ3) is 6.46. The first-order valence-electron chi connectivity index (χ1n) is 10.8. The Morgan fingerprint density at radius 1 is 1.12 bits per heavy atom. The highest BCUT2D eigenvalue weighted by Crippen LogP contribution is 2.28. The molecule has 32 heavy (non-hydrogen) atoms. The van der Waals surface area contributed by atoms with E-state index in [0.717, 1.165) is 47.7 Å². The quantitative estimate of drug-likeness (QED) is 0.157. The summed E-state index contributed by atoms with van der Waals surface area (Å²) in [5, 5.41) is 22.5. The van der Waals surface area contributed by atoms with Gasteiger partial charge in [0.1, 0.15) is 12.0 Å². The number of aromatic amines is 1. The lowest BCUT2D eigenvalue weighted by Gasteiger charge is -2.11. The SMILES string of the molecule is COc1cc(C(=O)NCCCCCCC(O)NO)ccc1Cc1c[nH]c2ccc(Cl)cc12. The Kier molecular flexibility index (Phi) is 8.93. The van der Waals surface area contributed by atoms with Crippen molar-refractivity contribution in [1.82, 2.24) is 15.8 Å². The molecule has 0 fully saturated rings. The molecular formula is C24H30ClN3O4. The van der Waals surface area contributed by atoms with Gasteiger partial charge in [0.25, 0.3) is 5.91 Å². The number of H-pyrrole nitrogens is 1. The van der Waals surface area contributed by atoms with E-state index in [4.69, 9.17) is 21.5 Å². The number of hydroxylamine groups is 1. The number of unbranched alkanes of at least 4 members (excludes halogenated alkanes) is 3. The molecule has 0 saturated carbocycles. The Labute approximate surface area is 192 Å². The predicted octanol–water partition coefficient (Wildman–Crippen LogP) is 4.40. The van der Waals surface area contributed by atoms with Gasteiger partial charge in [-0.1, -0.05) is 30.5 Å². The van der Waals surface area contributed by atoms with Gasteiger partial charge >= 0.3 is 0 Å². The number of rotatable bonds is 12. The van der Waals surface area contributed by atoms with Gasteiger partial charge in [0.05, 0.1) is 7.11 Å². The number of carbonyl (C=O) groups excluding carboxylic acids is 1. The highest BCUT2D eigenvalue weighted by Gasteiger charge is 2.13. The fourth-order valence-electron chi connectivity index (χ4n) is 3.72. The first kappa shape index (κ1) is 24.1. The molecule has 0 radical (unpaired) electrons. The maximum absolute atomic E-state index is 12.5. The van der Waals surface area contributed by atoms with Crippen molar-refractivity contribution in [2.24, 2.45) is 0 Å². The number of aliphatic hydroxyl groups excluding tert-OH is 1. The summed E-state index contributed by atoms with van der Waals surface area (Å²) < 4.78 is 5.56. The van der Waals surface area contributed by atoms with Gasteiger partial charge in [0, 0.05) is 40.7 Å². The van der Waals surface area contributed by atoms with Crippen LogP contribution in [-0.2, 0) is 6.42 Å². The van der Waals surface area contributed by atoms with Crippen LogP contribution < -0.4 is 15.5 Å². The average molecular weight is 460 g/mol. The number of fused-ring (bicyclic) bond motifs is 1. The molecule has 1 heterocycles. The molecular weight excluding hydrogens is 430 g/mol. The third-order valence-electron chi connectivity index (χ3n) is 5.50. The number of hydrogen-bond donors (Lipinski definition) is 5. The van der Waals surface area contributed by atoms with Gasteiger partial charge < -0.3 is 25.4 Å². The van der Waals surface area contributed by atoms with Crippen LogP contribution in [0.25, 0.3) is 10.9 Å². The Morgan fingerprint density at radius 2 is 1.94 bits per heavy atom. The molecule has 3 aromatic rings. The molecule has 0 aliphatic carbocycles. The molecule has 1 aromatic heterocycles. The van der Waals surface area contributed by atoms with E-state index in [2.05, 4.69) is 10.3 Å². The molecule has 7 nitrogen and oxygen atoms in total. The summed E-state index contributed by atoms with van der Waals surface area (Å²) in [5.41, 5.74) is 5.51. The number of amides is 1. The average Bonchev–Trinajstić information content (AvgIpc) is 3.19. The number of aliphatic hydroxyl groups is 1. The maximum atomic E-state index is 12.5. The summed E-state index contributed by atoms with van der Waals surface area (Å²) in [4.78, 5) is 15.8. The van der Waals surface area contributed by atoms with Gasteiger partial charge in [-0.3, -0.25) is 4.79 Å². The Bertz CT molecular complexity index is 1040. The molecule has 0 bridgehead atoms. The fourth-order valence-corrected chi connectivity index (χ4v) is 3.89. The highest BCUT2D eigenvalue weighted by molar-refractivity contribution is 6.31. The van der Waals surface area contributed by atoms with Crippen LogP contribution in [-0.4, -0.2) is 41.1 Å². The third-order valence-corrected chi connectivity index (χ3v) is 5.73. The van der Waals surface area contributed by atoms with Crippen molar-refractivity contribution in [2.75, 3.05) is 13.7 Å². The zero-order valence-corrected chi connectivity index (χ0v) is 18.9. The molecule has 0 spiro atoms. The molecule has 1 unspecified atom stereocenters. The second-order valence-electron chi connectivity index (χ2n) is 7.81. The van der Waals surface area contributed by atoms with Crippen LogP contribution in [0.1, 0.15) is 53.6 Å². The van der Waals surface area contributed by atoms with Crippen molar-refractivity contribution >= 4 is 28.4 Å². The van der Waals surface area contributed by atoms with Crippen LogP contribution in [0.4, 0.5) is 0 Å². The van der Waals surface area contributed by atoms with Gasteiger partial charge in [-0.05, 0) is 60.7 Å². The summed E-state index contributed by atoms with van der Waals surface area (Å²) in [6, 6.07) is 11.3. The number of methoxy groups -OCH3 is 1. The van der Waals surface area contributed by atoms with Gasteiger partial charge in [0.15, 0.2) is 0 Å². The molecule has 172 valence electrons. The lowest BCUT2D eigenvalue weighted by Crippen LogP contribution is -2.25. The zero-order chi connectivity index (χ0) is 22.9. The Hall–Kier alpha value is -2.58. The van der Waals surface area contributed by atoms with Crippen molar-refractivity contribution in [2.45, 2.75) is 44.8 Å². The summed E-state index contributed by atoms with van der Waals surface area (Å²) in [7, 11) is 1.61. The second kappa shape index (κ2) is 11.9. The van der Waals surface area contributed by atoms with Crippen molar-refractivity contribution in [3.8, 4) is 5.75 Å². The van der Waals surface area contributed by atoms with Crippen LogP contribution in [0, 0.1) is 0 Å². The number of aromatic nitrogens is 1. The number of hydrogen-bond acceptors (Lipinski definition) is 5. The first-order chi connectivity index (χ1) is 15.5. The van der Waals surface area contributed by atoms with Crippen molar-refractivity contribution in [1.29, 1.82) is 0 Å². The Morgan fingerprint density at radius 3 is 2.72 bits per heavy atom. The second-order valence-corrected chi connectivity index (χ2v) is 8.25. The van der Waals surface area contributed by atoms with E-state index in [9.17, 15) is 9.90 Å². The monoisotopic (exact) mass is 459 g/mol. The van der Waals surface area contributed by atoms with E-state index in [0.29, 0.717) is 35.7 Å². The fraction of sp³-hybridized carbons (Fsp3) is 0.375. The number of carbonyl (C=O) groups is 1. The number of ether oxygens (including phenoxy) is 1. The summed E-state index contributed by atoms with van der Waals surface area (Å²) >= 11 is 6.16. The van der Waals surface area contributed by atoms with Gasteiger partial charge in [-0.15, -0.1) is 0 Å². The van der Waals surface area contributed by atoms with Crippen LogP contribution >= 0.6 is 11.6 Å². The molecule has 0 saturated heterocycles. The van der Waals surface area contributed by atoms with Crippen LogP contribution in [0.3, 0.4) is 0 Å². The molecule has 1 amide bonds. The van der Waals surface area contributed by atoms with Gasteiger partial charge in [-0.25, -0.2) is 0 Å². The standard InChI is InChI=1S/C24H30ClN3O4/c1-32-22-13-17(24(30)26-11-5-3-2-4-6-23(29)28-31)8-7-16(22)12-18-15-27-21-10-9-19(25)14-20(18)21/h7-10,13-15,23,27-29,31H,2-6,11-12H2,1H3,(H,26,30). The first-order valence-corrected chi connectivity index (χ1v) is 11.2. The van der Waals surface area contributed by atoms with E-state index in [1.165, 1.54) is 0 Å². The smallest absolute Gasteiger partial charge is 0.251 e. The minimum atomic E-state index is -0.874. The lowest BCUT2D eigenvalue weighted by molar-refractivity contribution is -0.00393. The van der Waals surface area contributed by atoms with E-state index < -0.39 is 6.23 Å². The minimum absolute atomic E-state index is 0.131. The summed E-state index contributed by atoms with van der Waals surface area (Å²) in [6.07, 6.45) is 5.79. The molecule has 0 aliphatic rings. The Balaban J connectivity index is 1.54. The minimum Gasteiger partial charge on any atom is -0.496 e. The normalized spacial score (nSPS) is 12.1. The predicted molar refractivity (Wildman–Crippen MR) is 125 cm³/mol. The van der Waals surface area contributed by atoms with E-state index in [-0.39, 0.29) is 5.91 Å². The van der Waals surface area contributed by atoms with Crippen molar-refractivity contribution in [3.63, 3.8) is 0 Å². The van der Waals surface area contributed by atoms with Crippen LogP contribution in [0.15, 0.2) is 42.6 Å². The largest absolute Gasteiger partial charge is 0.496 e. The number of benzene rings is 2. The number of halogens is 1. The van der Waals surface area contributed by atoms with Crippen molar-refractivity contribution in [3.05, 3.63) is 64.3 Å². The molecule has 5 N–H and O–H groups in total. The maximum Gasteiger partial charge on any atom is 0.251 e. The molecule has 1 atom stereocenters. The number of nitrogens with one attached hydrogen (secondary N) is 3. The van der Waals surface area contributed by atoms with Gasteiger partial charge in [0.2, 0.25) is 0 Å². The summed E-state index contributed by atoms with van der Waals surface area (Å²) in [5.74, 6) is 0.540. The van der Waals surface area contributed by atoms with E-state index >= 15 is 0 Å².